The van der Waals surface area contributed by atoms with E-state index >= 15 is 0 Å². The van der Waals surface area contributed by atoms with E-state index in [1.165, 1.54) is 5.56 Å². The van der Waals surface area contributed by atoms with Crippen molar-refractivity contribution < 1.29 is 0 Å². The summed E-state index contributed by atoms with van der Waals surface area (Å²) in [5.41, 5.74) is 2.17. The van der Waals surface area contributed by atoms with Crippen molar-refractivity contribution in [3.05, 3.63) is 34.4 Å². The fraction of sp³-hybridized carbons (Fsp3) is 0.438. The summed E-state index contributed by atoms with van der Waals surface area (Å²) in [6.45, 7) is 9.32. The number of aryl methyl sites for hydroxylation is 1. The van der Waals surface area contributed by atoms with E-state index in [4.69, 9.17) is 0 Å². The maximum Gasteiger partial charge on any atom is 0.247 e. The van der Waals surface area contributed by atoms with Crippen LogP contribution in [-0.4, -0.2) is 52.8 Å². The van der Waals surface area contributed by atoms with E-state index in [9.17, 15) is 0 Å². The second kappa shape index (κ2) is 7.23. The number of benzene rings is 1. The van der Waals surface area contributed by atoms with Gasteiger partial charge in [0.25, 0.3) is 0 Å². The van der Waals surface area contributed by atoms with Crippen LogP contribution in [0.5, 0.6) is 0 Å². The quantitative estimate of drug-likeness (QED) is 0.885. The molecular weight excluding hydrogens is 356 g/mol. The lowest BCUT2D eigenvalue weighted by atomic mass is 10.2. The monoisotopic (exact) mass is 376 g/mol. The Bertz CT molecular complexity index is 669. The molecule has 0 saturated carbocycles. The average molecular weight is 377 g/mol. The molecule has 7 heteroatoms. The van der Waals surface area contributed by atoms with Crippen LogP contribution in [0, 0.1) is 6.92 Å². The van der Waals surface area contributed by atoms with Crippen LogP contribution in [0.2, 0.25) is 0 Å². The number of hydrogen-bond donors (Lipinski definition) is 1. The fourth-order valence-corrected chi connectivity index (χ4v) is 2.87. The maximum absolute atomic E-state index is 4.61. The number of anilines is 3. The summed E-state index contributed by atoms with van der Waals surface area (Å²) < 4.78 is 1.10. The molecule has 122 valence electrons. The van der Waals surface area contributed by atoms with Crippen LogP contribution in [0.3, 0.4) is 0 Å². The Morgan fingerprint density at radius 1 is 1.22 bits per heavy atom. The Morgan fingerprint density at radius 2 is 2.00 bits per heavy atom. The summed E-state index contributed by atoms with van der Waals surface area (Å²) in [6, 6.07) is 6.11. The Morgan fingerprint density at radius 3 is 2.70 bits per heavy atom. The van der Waals surface area contributed by atoms with Crippen LogP contribution in [0.25, 0.3) is 0 Å². The van der Waals surface area contributed by atoms with Crippen molar-refractivity contribution in [2.24, 2.45) is 0 Å². The summed E-state index contributed by atoms with van der Waals surface area (Å²) in [4.78, 5) is 9.22. The lowest BCUT2D eigenvalue weighted by Crippen LogP contribution is -2.46. The molecule has 1 fully saturated rings. The number of halogens is 1. The summed E-state index contributed by atoms with van der Waals surface area (Å²) >= 11 is 3.51. The lowest BCUT2D eigenvalue weighted by molar-refractivity contribution is 0.269. The number of hydrogen-bond acceptors (Lipinski definition) is 6. The van der Waals surface area contributed by atoms with Gasteiger partial charge in [-0.15, -0.1) is 5.10 Å². The highest BCUT2D eigenvalue weighted by Gasteiger charge is 2.18. The lowest BCUT2D eigenvalue weighted by Gasteiger charge is -2.33. The van der Waals surface area contributed by atoms with Gasteiger partial charge in [-0.25, -0.2) is 0 Å². The van der Waals surface area contributed by atoms with Crippen LogP contribution in [0.1, 0.15) is 12.5 Å². The molecule has 3 rings (SSSR count). The van der Waals surface area contributed by atoms with Crippen LogP contribution in [-0.2, 0) is 0 Å². The molecule has 0 atom stereocenters. The molecule has 0 radical (unpaired) electrons. The van der Waals surface area contributed by atoms with Crippen molar-refractivity contribution in [3.8, 4) is 0 Å². The van der Waals surface area contributed by atoms with Crippen molar-refractivity contribution in [2.45, 2.75) is 13.8 Å². The van der Waals surface area contributed by atoms with E-state index in [1.54, 1.807) is 6.20 Å². The van der Waals surface area contributed by atoms with E-state index in [-0.39, 0.29) is 0 Å². The third kappa shape index (κ3) is 3.97. The number of rotatable bonds is 4. The molecule has 1 aromatic heterocycles. The predicted molar refractivity (Wildman–Crippen MR) is 96.3 cm³/mol. The smallest absolute Gasteiger partial charge is 0.247 e. The van der Waals surface area contributed by atoms with Crippen molar-refractivity contribution in [3.63, 3.8) is 0 Å². The minimum Gasteiger partial charge on any atom is -0.339 e. The van der Waals surface area contributed by atoms with E-state index in [0.29, 0.717) is 5.95 Å². The van der Waals surface area contributed by atoms with Gasteiger partial charge < -0.3 is 15.1 Å². The number of nitrogens with one attached hydrogen (secondary N) is 1. The van der Waals surface area contributed by atoms with E-state index in [0.717, 1.165) is 48.7 Å². The van der Waals surface area contributed by atoms with Gasteiger partial charge in [0.15, 0.2) is 5.82 Å². The molecule has 2 aromatic rings. The van der Waals surface area contributed by atoms with E-state index in [2.05, 4.69) is 66.1 Å². The van der Waals surface area contributed by atoms with E-state index in [1.807, 2.05) is 12.1 Å². The molecule has 1 aromatic carbocycles. The van der Waals surface area contributed by atoms with Gasteiger partial charge in [-0.05, 0) is 37.2 Å². The summed E-state index contributed by atoms with van der Waals surface area (Å²) in [7, 11) is 0. The molecule has 0 amide bonds. The Balaban J connectivity index is 1.71. The molecular formula is C16H21BrN6. The van der Waals surface area contributed by atoms with Crippen LogP contribution < -0.4 is 10.2 Å². The van der Waals surface area contributed by atoms with Gasteiger partial charge in [-0.1, -0.05) is 22.9 Å². The highest BCUT2D eigenvalue weighted by atomic mass is 79.9. The Kier molecular flexibility index (Phi) is 5.07. The first-order valence-electron chi connectivity index (χ1n) is 7.86. The molecule has 1 saturated heterocycles. The molecule has 0 bridgehead atoms. The summed E-state index contributed by atoms with van der Waals surface area (Å²) in [5.74, 6) is 1.41. The van der Waals surface area contributed by atoms with Crippen LogP contribution in [0.4, 0.5) is 17.5 Å². The molecule has 0 spiro atoms. The first kappa shape index (κ1) is 16.1. The first-order chi connectivity index (χ1) is 11.2. The topological polar surface area (TPSA) is 57.2 Å². The maximum atomic E-state index is 4.61. The molecule has 2 heterocycles. The highest BCUT2D eigenvalue weighted by molar-refractivity contribution is 9.10. The summed E-state index contributed by atoms with van der Waals surface area (Å²) in [5, 5.41) is 11.6. The van der Waals surface area contributed by atoms with Gasteiger partial charge >= 0.3 is 0 Å². The standard InChI is InChI=1S/C16H21BrN6/c1-3-22-6-8-23(9-7-22)16-20-15(11-18-21-16)19-13-4-5-14(17)12(2)10-13/h4-5,10-11H,3,6-9H2,1-2H3,(H,19,20,21). The third-order valence-electron chi connectivity index (χ3n) is 4.08. The molecule has 1 aliphatic rings. The predicted octanol–water partition coefficient (Wildman–Crippen LogP) is 2.83. The van der Waals surface area contributed by atoms with Crippen molar-refractivity contribution in [1.82, 2.24) is 20.1 Å². The highest BCUT2D eigenvalue weighted by Crippen LogP contribution is 2.22. The van der Waals surface area contributed by atoms with Gasteiger partial charge in [-0.3, -0.25) is 0 Å². The molecule has 0 unspecified atom stereocenters. The van der Waals surface area contributed by atoms with Gasteiger partial charge in [-0.2, -0.15) is 10.1 Å². The fourth-order valence-electron chi connectivity index (χ4n) is 2.62. The molecule has 6 nitrogen and oxygen atoms in total. The molecule has 0 aliphatic carbocycles. The minimum atomic E-state index is 0.694. The molecule has 23 heavy (non-hydrogen) atoms. The SMILES string of the molecule is CCN1CCN(c2nncc(Nc3ccc(Br)c(C)c3)n2)CC1. The van der Waals surface area contributed by atoms with Gasteiger partial charge in [0.05, 0.1) is 6.20 Å². The van der Waals surface area contributed by atoms with Crippen LogP contribution in [0.15, 0.2) is 28.9 Å². The minimum absolute atomic E-state index is 0.694. The number of piperazine rings is 1. The zero-order chi connectivity index (χ0) is 16.2. The van der Waals surface area contributed by atoms with Crippen molar-refractivity contribution in [1.29, 1.82) is 0 Å². The largest absolute Gasteiger partial charge is 0.339 e. The second-order valence-corrected chi connectivity index (χ2v) is 6.51. The molecule has 1 N–H and O–H groups in total. The number of nitrogens with zero attached hydrogens (tertiary/aromatic N) is 5. The Hall–Kier alpha value is -1.73. The molecule has 1 aliphatic heterocycles. The Labute approximate surface area is 145 Å². The average Bonchev–Trinajstić information content (AvgIpc) is 2.58. The summed E-state index contributed by atoms with van der Waals surface area (Å²) in [6.07, 6.45) is 1.66. The third-order valence-corrected chi connectivity index (χ3v) is 4.97. The zero-order valence-corrected chi connectivity index (χ0v) is 15.0. The van der Waals surface area contributed by atoms with Crippen LogP contribution >= 0.6 is 15.9 Å². The van der Waals surface area contributed by atoms with Crippen molar-refractivity contribution >= 4 is 33.4 Å². The number of aromatic nitrogens is 3. The van der Waals surface area contributed by atoms with Crippen molar-refractivity contribution in [2.75, 3.05) is 42.9 Å². The zero-order valence-electron chi connectivity index (χ0n) is 13.5. The van der Waals surface area contributed by atoms with Gasteiger partial charge in [0, 0.05) is 36.3 Å². The first-order valence-corrected chi connectivity index (χ1v) is 8.65. The second-order valence-electron chi connectivity index (χ2n) is 5.65. The van der Waals surface area contributed by atoms with Gasteiger partial charge in [0.1, 0.15) is 0 Å². The van der Waals surface area contributed by atoms with E-state index < -0.39 is 0 Å². The van der Waals surface area contributed by atoms with Gasteiger partial charge in [0.2, 0.25) is 5.95 Å². The number of likely N-dealkylation sites (N-methyl/N-ethyl adjacent to an activating group) is 1. The normalized spacial score (nSPS) is 15.7.